The smallest absolute Gasteiger partial charge is 0.435 e. The topological polar surface area (TPSA) is 141 Å². The molecule has 1 aliphatic carbocycles. The van der Waals surface area contributed by atoms with Gasteiger partial charge in [-0.15, -0.1) is 10.2 Å². The van der Waals surface area contributed by atoms with Crippen molar-refractivity contribution < 1.29 is 45.4 Å². The average Bonchev–Trinajstić information content (AvgIpc) is 2.82. The quantitative estimate of drug-likeness (QED) is 0.401. The summed E-state index contributed by atoms with van der Waals surface area (Å²) in [7, 11) is -2.56. The summed E-state index contributed by atoms with van der Waals surface area (Å²) in [6.07, 6.45) is -1.77. The summed E-state index contributed by atoms with van der Waals surface area (Å²) in [5, 5.41) is 19.4. The number of pyridine rings is 1. The number of hydrogen-bond acceptors (Lipinski definition) is 9. The molecule has 1 fully saturated rings. The predicted octanol–water partition coefficient (Wildman–Crippen LogP) is 4.17. The van der Waals surface area contributed by atoms with Crippen molar-refractivity contribution in [1.82, 2.24) is 15.2 Å². The Balaban J connectivity index is 1.78. The first-order chi connectivity index (χ1) is 18.2. The van der Waals surface area contributed by atoms with E-state index in [1.807, 2.05) is 0 Å². The van der Waals surface area contributed by atoms with Crippen molar-refractivity contribution in [3.8, 4) is 17.5 Å². The summed E-state index contributed by atoms with van der Waals surface area (Å²) >= 11 is 0. The minimum absolute atomic E-state index is 0.0431. The molecule has 1 aromatic carbocycles. The summed E-state index contributed by atoms with van der Waals surface area (Å²) < 4.78 is 90.2. The molecule has 10 nitrogen and oxygen atoms in total. The summed E-state index contributed by atoms with van der Waals surface area (Å²) in [4.78, 5) is 17.0. The third-order valence-corrected chi connectivity index (χ3v) is 7.33. The predicted molar refractivity (Wildman–Crippen MR) is 128 cm³/mol. The van der Waals surface area contributed by atoms with E-state index < -0.39 is 67.7 Å². The van der Waals surface area contributed by atoms with Gasteiger partial charge in [0.1, 0.15) is 5.56 Å². The van der Waals surface area contributed by atoms with Gasteiger partial charge in [-0.2, -0.15) is 13.2 Å². The van der Waals surface area contributed by atoms with Gasteiger partial charge >= 0.3 is 6.18 Å². The molecule has 0 bridgehead atoms. The Morgan fingerprint density at radius 2 is 1.87 bits per heavy atom. The standard InChI is InChI=1S/C24H22F4N4O6S/c1-12-16(20(33)30-13-6-4-7-14(10-13)39(3,35)36)21(32-31-19(12)24(26,27)28)38-22-18(37-2)17(25)15(11-29-22)23(34)8-5-9-23/h4,6-7,10-11,34H,5,8-9H2,1-3H3,(H,30,33). The summed E-state index contributed by atoms with van der Waals surface area (Å²) in [5.74, 6) is -4.04. The lowest BCUT2D eigenvalue weighted by molar-refractivity contribution is -0.142. The number of methoxy groups -OCH3 is 1. The monoisotopic (exact) mass is 570 g/mol. The second-order valence-electron chi connectivity index (χ2n) is 8.92. The molecule has 0 spiro atoms. The van der Waals surface area contributed by atoms with Crippen LogP contribution in [0.3, 0.4) is 0 Å². The number of carbonyl (C=O) groups excluding carboxylic acids is 1. The molecule has 0 aliphatic heterocycles. The van der Waals surface area contributed by atoms with Crippen LogP contribution in [-0.2, 0) is 21.6 Å². The van der Waals surface area contributed by atoms with Gasteiger partial charge in [-0.25, -0.2) is 17.8 Å². The number of halogens is 4. The highest BCUT2D eigenvalue weighted by molar-refractivity contribution is 7.90. The Hall–Kier alpha value is -3.85. The van der Waals surface area contributed by atoms with Gasteiger partial charge in [-0.1, -0.05) is 6.07 Å². The number of aliphatic hydroxyl groups is 1. The van der Waals surface area contributed by atoms with Gasteiger partial charge in [0.05, 0.1) is 17.6 Å². The Kier molecular flexibility index (Phi) is 7.25. The van der Waals surface area contributed by atoms with E-state index in [0.29, 0.717) is 19.3 Å². The number of sulfone groups is 1. The zero-order chi connectivity index (χ0) is 28.8. The number of alkyl halides is 3. The van der Waals surface area contributed by atoms with Gasteiger partial charge in [0, 0.05) is 23.7 Å². The third-order valence-electron chi connectivity index (χ3n) is 6.22. The number of anilines is 1. The van der Waals surface area contributed by atoms with Crippen molar-refractivity contribution in [3.63, 3.8) is 0 Å². The first kappa shape index (κ1) is 28.2. The first-order valence-electron chi connectivity index (χ1n) is 11.3. The van der Waals surface area contributed by atoms with Crippen molar-refractivity contribution in [3.05, 3.63) is 58.7 Å². The van der Waals surface area contributed by atoms with Crippen LogP contribution in [0.2, 0.25) is 0 Å². The highest BCUT2D eigenvalue weighted by atomic mass is 32.2. The molecule has 208 valence electrons. The Morgan fingerprint density at radius 1 is 1.18 bits per heavy atom. The minimum atomic E-state index is -4.98. The molecule has 1 amide bonds. The van der Waals surface area contributed by atoms with E-state index in [0.717, 1.165) is 32.6 Å². The summed E-state index contributed by atoms with van der Waals surface area (Å²) in [6.45, 7) is 0.965. The van der Waals surface area contributed by atoms with E-state index >= 15 is 4.39 Å². The molecule has 0 radical (unpaired) electrons. The van der Waals surface area contributed by atoms with Crippen LogP contribution >= 0.6 is 0 Å². The van der Waals surface area contributed by atoms with Crippen LogP contribution in [0.5, 0.6) is 17.5 Å². The van der Waals surface area contributed by atoms with E-state index in [2.05, 4.69) is 20.5 Å². The largest absolute Gasteiger partial charge is 0.489 e. The van der Waals surface area contributed by atoms with Crippen molar-refractivity contribution in [1.29, 1.82) is 0 Å². The Bertz CT molecular complexity index is 1560. The van der Waals surface area contributed by atoms with Crippen LogP contribution in [0.15, 0.2) is 35.4 Å². The number of hydrogen-bond donors (Lipinski definition) is 2. The number of nitrogens with zero attached hydrogens (tertiary/aromatic N) is 3. The lowest BCUT2D eigenvalue weighted by atomic mass is 9.75. The number of benzene rings is 1. The third kappa shape index (κ3) is 5.49. The van der Waals surface area contributed by atoms with Crippen molar-refractivity contribution in [2.45, 2.75) is 42.9 Å². The van der Waals surface area contributed by atoms with Crippen molar-refractivity contribution >= 4 is 21.4 Å². The molecule has 0 unspecified atom stereocenters. The molecule has 15 heteroatoms. The Morgan fingerprint density at radius 3 is 2.44 bits per heavy atom. The van der Waals surface area contributed by atoms with Gasteiger partial charge in [-0.3, -0.25) is 4.79 Å². The van der Waals surface area contributed by atoms with E-state index in [9.17, 15) is 31.5 Å². The lowest BCUT2D eigenvalue weighted by Gasteiger charge is -2.37. The Labute approximate surface area is 219 Å². The van der Waals surface area contributed by atoms with Gasteiger partial charge in [0.15, 0.2) is 21.3 Å². The van der Waals surface area contributed by atoms with Crippen LogP contribution < -0.4 is 14.8 Å². The number of rotatable bonds is 7. The van der Waals surface area contributed by atoms with Gasteiger partial charge in [0.2, 0.25) is 5.75 Å². The number of amides is 1. The van der Waals surface area contributed by atoms with Crippen LogP contribution in [-0.4, -0.2) is 48.0 Å². The molecular formula is C24H22F4N4O6S. The second-order valence-corrected chi connectivity index (χ2v) is 10.9. The second kappa shape index (κ2) is 10.0. The fourth-order valence-electron chi connectivity index (χ4n) is 4.01. The molecule has 0 saturated heterocycles. The van der Waals surface area contributed by atoms with Crippen LogP contribution in [0.25, 0.3) is 0 Å². The number of ether oxygens (including phenoxy) is 2. The molecule has 3 aromatic rings. The maximum absolute atomic E-state index is 15.2. The zero-order valence-electron chi connectivity index (χ0n) is 20.8. The summed E-state index contributed by atoms with van der Waals surface area (Å²) in [6, 6.07) is 5.05. The van der Waals surface area contributed by atoms with Crippen molar-refractivity contribution in [2.75, 3.05) is 18.7 Å². The van der Waals surface area contributed by atoms with Crippen LogP contribution in [0, 0.1) is 12.7 Å². The molecule has 2 N–H and O–H groups in total. The molecular weight excluding hydrogens is 548 g/mol. The van der Waals surface area contributed by atoms with Crippen LogP contribution in [0.1, 0.15) is 46.4 Å². The highest BCUT2D eigenvalue weighted by Gasteiger charge is 2.41. The maximum Gasteiger partial charge on any atom is 0.435 e. The maximum atomic E-state index is 15.2. The highest BCUT2D eigenvalue weighted by Crippen LogP contribution is 2.45. The van der Waals surface area contributed by atoms with E-state index in [1.54, 1.807) is 0 Å². The number of carbonyl (C=O) groups is 1. The minimum Gasteiger partial charge on any atom is -0.489 e. The van der Waals surface area contributed by atoms with E-state index in [1.165, 1.54) is 18.2 Å². The van der Waals surface area contributed by atoms with E-state index in [-0.39, 0.29) is 16.1 Å². The molecule has 1 aliphatic rings. The molecule has 1 saturated carbocycles. The van der Waals surface area contributed by atoms with Gasteiger partial charge < -0.3 is 19.9 Å². The fourth-order valence-corrected chi connectivity index (χ4v) is 4.67. The number of nitrogens with one attached hydrogen (secondary N) is 1. The molecule has 2 aromatic heterocycles. The van der Waals surface area contributed by atoms with E-state index in [4.69, 9.17) is 9.47 Å². The lowest BCUT2D eigenvalue weighted by Crippen LogP contribution is -2.34. The van der Waals surface area contributed by atoms with Gasteiger partial charge in [-0.05, 0) is 49.9 Å². The molecule has 0 atom stereocenters. The zero-order valence-corrected chi connectivity index (χ0v) is 21.6. The number of aromatic nitrogens is 3. The SMILES string of the molecule is COc1c(Oc2nnc(C(F)(F)F)c(C)c2C(=O)Nc2cccc(S(C)(=O)=O)c2)ncc(C2(O)CCC2)c1F. The molecule has 2 heterocycles. The van der Waals surface area contributed by atoms with Crippen LogP contribution in [0.4, 0.5) is 23.2 Å². The molecule has 39 heavy (non-hydrogen) atoms. The normalized spacial score (nSPS) is 14.9. The average molecular weight is 571 g/mol. The van der Waals surface area contributed by atoms with Gasteiger partial charge in [0.25, 0.3) is 17.7 Å². The first-order valence-corrected chi connectivity index (χ1v) is 13.2. The van der Waals surface area contributed by atoms with Crippen molar-refractivity contribution in [2.24, 2.45) is 0 Å². The summed E-state index contributed by atoms with van der Waals surface area (Å²) in [5.41, 5.74) is -4.48. The molecule has 4 rings (SSSR count). The fraction of sp³-hybridized carbons (Fsp3) is 0.333.